The number of carbonyl (C=O) groups excluding carboxylic acids is 3. The Hall–Kier alpha value is -2.89. The van der Waals surface area contributed by atoms with Gasteiger partial charge in [-0.1, -0.05) is 326 Å². The second kappa shape index (κ2) is 67.6. The van der Waals surface area contributed by atoms with Crippen molar-refractivity contribution >= 4 is 17.9 Å². The number of carbonyl (C=O) groups is 3. The molecule has 0 aromatic carbocycles. The third kappa shape index (κ3) is 65.8. The Morgan fingerprint density at radius 3 is 0.785 bits per heavy atom. The first-order valence-corrected chi connectivity index (χ1v) is 34.8. The van der Waals surface area contributed by atoms with Gasteiger partial charge in [-0.3, -0.25) is 14.4 Å². The quantitative estimate of drug-likeness (QED) is 0.0261. The zero-order valence-electron chi connectivity index (χ0n) is 52.9. The molecule has 0 heterocycles. The van der Waals surface area contributed by atoms with Gasteiger partial charge in [-0.15, -0.1) is 0 Å². The maximum absolute atomic E-state index is 12.9. The van der Waals surface area contributed by atoms with Gasteiger partial charge in [-0.05, 0) is 83.5 Å². The highest BCUT2D eigenvalue weighted by Crippen LogP contribution is 2.18. The highest BCUT2D eigenvalue weighted by molar-refractivity contribution is 5.71. The zero-order chi connectivity index (χ0) is 57.1. The topological polar surface area (TPSA) is 78.9 Å². The van der Waals surface area contributed by atoms with Gasteiger partial charge >= 0.3 is 17.9 Å². The fourth-order valence-corrected chi connectivity index (χ4v) is 10.3. The Labute approximate surface area is 491 Å². The number of hydrogen-bond donors (Lipinski definition) is 0. The van der Waals surface area contributed by atoms with E-state index >= 15 is 0 Å². The highest BCUT2D eigenvalue weighted by Gasteiger charge is 2.19. The molecule has 79 heavy (non-hydrogen) atoms. The minimum Gasteiger partial charge on any atom is -0.462 e. The molecule has 0 bridgehead atoms. The van der Waals surface area contributed by atoms with Gasteiger partial charge < -0.3 is 14.2 Å². The van der Waals surface area contributed by atoms with E-state index < -0.39 is 6.10 Å². The fraction of sp³-hybridized carbons (Fsp3) is 0.822. The number of allylic oxidation sites excluding steroid dienone is 10. The molecule has 0 fully saturated rings. The summed E-state index contributed by atoms with van der Waals surface area (Å²) >= 11 is 0. The lowest BCUT2D eigenvalue weighted by molar-refractivity contribution is -0.167. The van der Waals surface area contributed by atoms with Crippen LogP contribution in [0.4, 0.5) is 0 Å². The highest BCUT2D eigenvalue weighted by atomic mass is 16.6. The molecule has 0 radical (unpaired) electrons. The lowest BCUT2D eigenvalue weighted by atomic mass is 10.0. The van der Waals surface area contributed by atoms with E-state index in [1.54, 1.807) is 0 Å². The van der Waals surface area contributed by atoms with Crippen LogP contribution in [0.1, 0.15) is 367 Å². The molecule has 0 aromatic rings. The predicted octanol–water partition coefficient (Wildman–Crippen LogP) is 23.9. The van der Waals surface area contributed by atoms with Gasteiger partial charge in [-0.25, -0.2) is 0 Å². The molecule has 0 aliphatic heterocycles. The Kier molecular flexibility index (Phi) is 65.1. The van der Waals surface area contributed by atoms with Crippen LogP contribution in [-0.4, -0.2) is 37.2 Å². The summed E-state index contributed by atoms with van der Waals surface area (Å²) in [5, 5.41) is 0. The monoisotopic (exact) mass is 1110 g/mol. The van der Waals surface area contributed by atoms with Crippen LogP contribution in [0.3, 0.4) is 0 Å². The maximum Gasteiger partial charge on any atom is 0.306 e. The van der Waals surface area contributed by atoms with Gasteiger partial charge in [0.15, 0.2) is 6.10 Å². The Morgan fingerprint density at radius 2 is 0.494 bits per heavy atom. The number of unbranched alkanes of at least 4 members (excludes halogenated alkanes) is 43. The van der Waals surface area contributed by atoms with Crippen molar-refractivity contribution in [3.05, 3.63) is 60.8 Å². The van der Waals surface area contributed by atoms with Crippen molar-refractivity contribution in [2.75, 3.05) is 13.2 Å². The van der Waals surface area contributed by atoms with Crippen molar-refractivity contribution < 1.29 is 28.6 Å². The van der Waals surface area contributed by atoms with Crippen LogP contribution < -0.4 is 0 Å². The Morgan fingerprint density at radius 1 is 0.266 bits per heavy atom. The molecule has 0 rings (SSSR count). The first kappa shape index (κ1) is 76.1. The second-order valence-corrected chi connectivity index (χ2v) is 23.4. The molecule has 0 aromatic heterocycles. The number of hydrogen-bond acceptors (Lipinski definition) is 6. The van der Waals surface area contributed by atoms with Crippen LogP contribution in [0.25, 0.3) is 0 Å². The zero-order valence-corrected chi connectivity index (χ0v) is 52.9. The van der Waals surface area contributed by atoms with Crippen LogP contribution in [0.2, 0.25) is 0 Å². The van der Waals surface area contributed by atoms with E-state index in [0.717, 1.165) is 83.5 Å². The van der Waals surface area contributed by atoms with Gasteiger partial charge in [-0.2, -0.15) is 0 Å². The standard InChI is InChI=1S/C73H132O6/c1-4-7-10-13-16-19-22-25-28-31-33-34-35-36-37-38-39-40-41-43-45-48-51-54-57-60-63-66-72(75)78-69-70(68-77-71(74)65-62-59-56-53-50-47-44-30-27-24-21-18-15-12-9-6-3)79-73(76)67-64-61-58-55-52-49-46-42-32-29-26-23-20-17-14-11-8-5-2/h7,10,16,19,25,28-29,32-34,70H,4-6,8-9,11-15,17-18,20-24,26-27,30-31,35-69H2,1-3H3/b10-7-,19-16-,28-25-,32-29-,34-33-. The predicted molar refractivity (Wildman–Crippen MR) is 344 cm³/mol. The van der Waals surface area contributed by atoms with Crippen molar-refractivity contribution in [2.24, 2.45) is 0 Å². The second-order valence-electron chi connectivity index (χ2n) is 23.4. The van der Waals surface area contributed by atoms with Crippen molar-refractivity contribution in [3.63, 3.8) is 0 Å². The van der Waals surface area contributed by atoms with Crippen LogP contribution in [-0.2, 0) is 28.6 Å². The number of rotatable bonds is 64. The van der Waals surface area contributed by atoms with Crippen LogP contribution in [0, 0.1) is 0 Å². The molecule has 6 nitrogen and oxygen atoms in total. The largest absolute Gasteiger partial charge is 0.462 e. The molecule has 1 atom stereocenters. The molecular weight excluding hydrogens is 973 g/mol. The summed E-state index contributed by atoms with van der Waals surface area (Å²) in [5.74, 6) is -0.850. The summed E-state index contributed by atoms with van der Waals surface area (Å²) in [6.45, 7) is 6.59. The smallest absolute Gasteiger partial charge is 0.306 e. The third-order valence-corrected chi connectivity index (χ3v) is 15.5. The van der Waals surface area contributed by atoms with Crippen molar-refractivity contribution in [1.82, 2.24) is 0 Å². The summed E-state index contributed by atoms with van der Waals surface area (Å²) in [4.78, 5) is 38.4. The van der Waals surface area contributed by atoms with E-state index in [9.17, 15) is 14.4 Å². The van der Waals surface area contributed by atoms with Gasteiger partial charge in [0.1, 0.15) is 13.2 Å². The van der Waals surface area contributed by atoms with Crippen molar-refractivity contribution in [2.45, 2.75) is 374 Å². The van der Waals surface area contributed by atoms with E-state index in [0.29, 0.717) is 19.3 Å². The van der Waals surface area contributed by atoms with E-state index in [2.05, 4.69) is 81.5 Å². The fourth-order valence-electron chi connectivity index (χ4n) is 10.3. The molecule has 460 valence electrons. The summed E-state index contributed by atoms with van der Waals surface area (Å²) < 4.78 is 17.0. The van der Waals surface area contributed by atoms with Gasteiger partial charge in [0, 0.05) is 19.3 Å². The summed E-state index contributed by atoms with van der Waals surface area (Å²) in [5.41, 5.74) is 0. The molecule has 0 aliphatic carbocycles. The molecular formula is C73H132O6. The maximum atomic E-state index is 12.9. The lowest BCUT2D eigenvalue weighted by Gasteiger charge is -2.18. The molecule has 0 saturated heterocycles. The molecule has 0 amide bonds. The Balaban J connectivity index is 4.27. The average molecular weight is 1110 g/mol. The van der Waals surface area contributed by atoms with Crippen molar-refractivity contribution in [1.29, 1.82) is 0 Å². The first-order chi connectivity index (χ1) is 39.0. The molecule has 1 unspecified atom stereocenters. The SMILES string of the molecule is CC/C=C\C/C=C\C/C=C\C/C=C\CCCCCCCCCCCCCCCCC(=O)OCC(COC(=O)CCCCCCCCCCCCCCCCCC)OC(=O)CCCCCCCCC/C=C\CCCCCCCCC. The van der Waals surface area contributed by atoms with E-state index in [4.69, 9.17) is 14.2 Å². The van der Waals surface area contributed by atoms with Gasteiger partial charge in [0.2, 0.25) is 0 Å². The molecule has 0 N–H and O–H groups in total. The summed E-state index contributed by atoms with van der Waals surface area (Å²) in [6, 6.07) is 0. The van der Waals surface area contributed by atoms with Gasteiger partial charge in [0.25, 0.3) is 0 Å². The summed E-state index contributed by atoms with van der Waals surface area (Å²) in [6.07, 6.45) is 86.7. The molecule has 0 spiro atoms. The van der Waals surface area contributed by atoms with E-state index in [-0.39, 0.29) is 31.1 Å². The van der Waals surface area contributed by atoms with E-state index in [1.807, 2.05) is 0 Å². The molecule has 0 aliphatic rings. The minimum absolute atomic E-state index is 0.0707. The van der Waals surface area contributed by atoms with Crippen LogP contribution >= 0.6 is 0 Å². The van der Waals surface area contributed by atoms with Crippen LogP contribution in [0.15, 0.2) is 60.8 Å². The summed E-state index contributed by atoms with van der Waals surface area (Å²) in [7, 11) is 0. The average Bonchev–Trinajstić information content (AvgIpc) is 3.45. The normalized spacial score (nSPS) is 12.4. The third-order valence-electron chi connectivity index (χ3n) is 15.5. The van der Waals surface area contributed by atoms with Gasteiger partial charge in [0.05, 0.1) is 0 Å². The number of ether oxygens (including phenoxy) is 3. The molecule has 0 saturated carbocycles. The first-order valence-electron chi connectivity index (χ1n) is 34.8. The van der Waals surface area contributed by atoms with Crippen molar-refractivity contribution in [3.8, 4) is 0 Å². The Bertz CT molecular complexity index is 1410. The lowest BCUT2D eigenvalue weighted by Crippen LogP contribution is -2.30. The van der Waals surface area contributed by atoms with E-state index in [1.165, 1.54) is 244 Å². The molecule has 6 heteroatoms. The number of esters is 3. The van der Waals surface area contributed by atoms with Crippen LogP contribution in [0.5, 0.6) is 0 Å². The minimum atomic E-state index is -0.775.